The number of amides is 1. The Morgan fingerprint density at radius 1 is 1.00 bits per heavy atom. The molecule has 3 saturated carbocycles. The highest BCUT2D eigenvalue weighted by Crippen LogP contribution is 2.70. The molecular weight excluding hydrogens is 482 g/mol. The Kier molecular flexibility index (Phi) is 6.24. The quantitative estimate of drug-likeness (QED) is 0.430. The predicted octanol–water partition coefficient (Wildman–Crippen LogP) is 6.82. The van der Waals surface area contributed by atoms with Gasteiger partial charge in [0.1, 0.15) is 5.60 Å². The SMILES string of the molecule is CC(C)(C)C#C[C@]1(O)CC[C@H]2[C@@H]3CCC4=CC(=O)CC[C@]4(C)[C@H]3[C@@H](c3ccc(N4CCCC4=O)cc3)C[C@@]21C. The molecule has 4 nitrogen and oxygen atoms in total. The Morgan fingerprint density at radius 3 is 2.41 bits per heavy atom. The molecule has 0 bridgehead atoms. The fourth-order valence-corrected chi connectivity index (χ4v) is 9.39. The minimum absolute atomic E-state index is 0.00417. The Labute approximate surface area is 234 Å². The smallest absolute Gasteiger partial charge is 0.227 e. The lowest BCUT2D eigenvalue weighted by Gasteiger charge is -2.61. The molecule has 1 aliphatic heterocycles. The Bertz CT molecular complexity index is 1280. The van der Waals surface area contributed by atoms with Crippen LogP contribution in [0.5, 0.6) is 0 Å². The van der Waals surface area contributed by atoms with Crippen molar-refractivity contribution in [3.63, 3.8) is 0 Å². The highest BCUT2D eigenvalue weighted by molar-refractivity contribution is 5.95. The molecule has 1 aromatic rings. The van der Waals surface area contributed by atoms with Crippen molar-refractivity contribution in [2.75, 3.05) is 11.4 Å². The molecule has 4 aliphatic carbocycles. The molecule has 6 rings (SSSR count). The number of ketones is 1. The lowest BCUT2D eigenvalue weighted by atomic mass is 9.43. The monoisotopic (exact) mass is 527 g/mol. The van der Waals surface area contributed by atoms with Crippen LogP contribution in [0.4, 0.5) is 5.69 Å². The zero-order valence-electron chi connectivity index (χ0n) is 24.5. The summed E-state index contributed by atoms with van der Waals surface area (Å²) in [5.74, 6) is 8.95. The molecule has 0 radical (unpaired) electrons. The second-order valence-corrected chi connectivity index (χ2v) is 14.8. The second kappa shape index (κ2) is 9.07. The third kappa shape index (κ3) is 4.22. The van der Waals surface area contributed by atoms with Crippen LogP contribution in [0.1, 0.15) is 104 Å². The zero-order valence-corrected chi connectivity index (χ0v) is 24.5. The number of hydrogen-bond donors (Lipinski definition) is 1. The summed E-state index contributed by atoms with van der Waals surface area (Å²) >= 11 is 0. The number of rotatable bonds is 2. The summed E-state index contributed by atoms with van der Waals surface area (Å²) in [5.41, 5.74) is 2.22. The second-order valence-electron chi connectivity index (χ2n) is 14.8. The number of aliphatic hydroxyl groups is 1. The standard InChI is InChI=1S/C35H45NO3/c1-32(2,3)18-19-35(39)17-15-29-27-13-10-24-21-26(37)14-16-33(24,4)31(27)28(22-34(29,35)5)23-8-11-25(12-9-23)36-20-6-7-30(36)38/h8-9,11-12,21,27-29,31,39H,6-7,10,13-17,20,22H2,1-5H3/t27-,28+,29-,31+,33-,34-,35+/m0/s1. The van der Waals surface area contributed by atoms with Crippen molar-refractivity contribution in [1.82, 2.24) is 0 Å². The molecule has 7 atom stereocenters. The molecule has 1 N–H and O–H groups in total. The van der Waals surface area contributed by atoms with Gasteiger partial charge in [0.2, 0.25) is 5.91 Å². The van der Waals surface area contributed by atoms with Crippen molar-refractivity contribution < 1.29 is 14.7 Å². The van der Waals surface area contributed by atoms with Crippen LogP contribution in [0.3, 0.4) is 0 Å². The van der Waals surface area contributed by atoms with E-state index >= 15 is 0 Å². The number of carbonyl (C=O) groups is 2. The molecule has 39 heavy (non-hydrogen) atoms. The Hall–Kier alpha value is -2.38. The minimum atomic E-state index is -0.990. The number of allylic oxidation sites excluding steroid dienone is 1. The van der Waals surface area contributed by atoms with E-state index in [0.29, 0.717) is 30.6 Å². The first-order valence-corrected chi connectivity index (χ1v) is 15.3. The van der Waals surface area contributed by atoms with Crippen molar-refractivity contribution in [1.29, 1.82) is 0 Å². The molecule has 1 saturated heterocycles. The highest BCUT2D eigenvalue weighted by Gasteiger charge is 2.66. The minimum Gasteiger partial charge on any atom is -0.377 e. The van der Waals surface area contributed by atoms with Crippen LogP contribution in [-0.4, -0.2) is 28.9 Å². The van der Waals surface area contributed by atoms with E-state index in [-0.39, 0.29) is 33.9 Å². The molecule has 1 amide bonds. The molecule has 0 unspecified atom stereocenters. The zero-order chi connectivity index (χ0) is 27.8. The van der Waals surface area contributed by atoms with E-state index in [1.807, 2.05) is 11.0 Å². The summed E-state index contributed by atoms with van der Waals surface area (Å²) in [6.45, 7) is 11.9. The van der Waals surface area contributed by atoms with Gasteiger partial charge in [0.05, 0.1) is 0 Å². The van der Waals surface area contributed by atoms with Crippen LogP contribution in [0.2, 0.25) is 0 Å². The third-order valence-electron chi connectivity index (χ3n) is 11.4. The molecule has 1 aromatic carbocycles. The van der Waals surface area contributed by atoms with Gasteiger partial charge in [-0.3, -0.25) is 9.59 Å². The van der Waals surface area contributed by atoms with Crippen LogP contribution in [0.25, 0.3) is 0 Å². The number of fused-ring (bicyclic) bond motifs is 5. The lowest BCUT2D eigenvalue weighted by Crippen LogP contribution is -2.57. The van der Waals surface area contributed by atoms with Gasteiger partial charge in [-0.15, -0.1) is 0 Å². The first-order valence-electron chi connectivity index (χ1n) is 15.3. The van der Waals surface area contributed by atoms with Crippen LogP contribution in [0, 0.1) is 45.8 Å². The largest absolute Gasteiger partial charge is 0.377 e. The van der Waals surface area contributed by atoms with E-state index in [2.05, 4.69) is 70.7 Å². The number of nitrogens with zero attached hydrogens (tertiary/aromatic N) is 1. The summed E-state index contributed by atoms with van der Waals surface area (Å²) in [6, 6.07) is 8.76. The summed E-state index contributed by atoms with van der Waals surface area (Å²) < 4.78 is 0. The summed E-state index contributed by atoms with van der Waals surface area (Å²) in [5, 5.41) is 12.2. The van der Waals surface area contributed by atoms with Gasteiger partial charge in [-0.2, -0.15) is 0 Å². The van der Waals surface area contributed by atoms with E-state index < -0.39 is 5.60 Å². The van der Waals surface area contributed by atoms with Crippen molar-refractivity contribution in [2.45, 2.75) is 104 Å². The Balaban J connectivity index is 1.44. The molecule has 0 aromatic heterocycles. The van der Waals surface area contributed by atoms with Crippen molar-refractivity contribution >= 4 is 17.4 Å². The van der Waals surface area contributed by atoms with Crippen molar-refractivity contribution in [3.8, 4) is 11.8 Å². The highest BCUT2D eigenvalue weighted by atomic mass is 16.3. The predicted molar refractivity (Wildman–Crippen MR) is 155 cm³/mol. The fraction of sp³-hybridized carbons (Fsp3) is 0.657. The van der Waals surface area contributed by atoms with Crippen LogP contribution >= 0.6 is 0 Å². The fourth-order valence-electron chi connectivity index (χ4n) is 9.39. The summed E-state index contributed by atoms with van der Waals surface area (Å²) in [4.78, 5) is 26.8. The first kappa shape index (κ1) is 26.8. The van der Waals surface area contributed by atoms with Crippen molar-refractivity contribution in [2.24, 2.45) is 34.0 Å². The van der Waals surface area contributed by atoms with Gasteiger partial charge >= 0.3 is 0 Å². The van der Waals surface area contributed by atoms with Crippen LogP contribution in [0.15, 0.2) is 35.9 Å². The molecule has 0 spiro atoms. The summed E-state index contributed by atoms with van der Waals surface area (Å²) in [7, 11) is 0. The number of anilines is 1. The Morgan fingerprint density at radius 2 is 1.74 bits per heavy atom. The van der Waals surface area contributed by atoms with Gasteiger partial charge in [-0.05, 0) is 119 Å². The summed E-state index contributed by atoms with van der Waals surface area (Å²) in [6.07, 6.45) is 9.82. The van der Waals surface area contributed by atoms with Gasteiger partial charge in [0.15, 0.2) is 5.78 Å². The van der Waals surface area contributed by atoms with E-state index in [1.54, 1.807) is 0 Å². The maximum absolute atomic E-state index is 12.5. The lowest BCUT2D eigenvalue weighted by molar-refractivity contribution is -0.122. The first-order chi connectivity index (χ1) is 18.3. The molecule has 4 heteroatoms. The van der Waals surface area contributed by atoms with Gasteiger partial charge in [0, 0.05) is 35.9 Å². The van der Waals surface area contributed by atoms with Gasteiger partial charge in [-0.1, -0.05) is 43.4 Å². The number of benzene rings is 1. The molecule has 4 fully saturated rings. The van der Waals surface area contributed by atoms with Gasteiger partial charge < -0.3 is 10.0 Å². The number of carbonyl (C=O) groups excluding carboxylic acids is 2. The molecular formula is C35H45NO3. The van der Waals surface area contributed by atoms with E-state index in [1.165, 1.54) is 11.1 Å². The van der Waals surface area contributed by atoms with E-state index in [0.717, 1.165) is 57.2 Å². The van der Waals surface area contributed by atoms with Crippen LogP contribution < -0.4 is 4.90 Å². The normalized spacial score (nSPS) is 39.8. The average molecular weight is 528 g/mol. The maximum atomic E-state index is 12.5. The van der Waals surface area contributed by atoms with Gasteiger partial charge in [-0.25, -0.2) is 0 Å². The maximum Gasteiger partial charge on any atom is 0.227 e. The molecule has 1 heterocycles. The average Bonchev–Trinajstić information content (AvgIpc) is 3.43. The van der Waals surface area contributed by atoms with E-state index in [4.69, 9.17) is 0 Å². The van der Waals surface area contributed by atoms with Crippen LogP contribution in [-0.2, 0) is 9.59 Å². The molecule has 208 valence electrons. The number of hydrogen-bond acceptors (Lipinski definition) is 3. The van der Waals surface area contributed by atoms with Gasteiger partial charge in [0.25, 0.3) is 0 Å². The topological polar surface area (TPSA) is 57.6 Å². The third-order valence-corrected chi connectivity index (χ3v) is 11.4. The van der Waals surface area contributed by atoms with E-state index in [9.17, 15) is 14.7 Å². The molecule has 5 aliphatic rings. The van der Waals surface area contributed by atoms with Crippen molar-refractivity contribution in [3.05, 3.63) is 41.5 Å².